The summed E-state index contributed by atoms with van der Waals surface area (Å²) in [7, 11) is 0. The van der Waals surface area contributed by atoms with Crippen molar-refractivity contribution in [1.82, 2.24) is 5.32 Å². The fraction of sp³-hybridized carbons (Fsp3) is 0.167. The Morgan fingerprint density at radius 1 is 1.75 bits per heavy atom. The molecule has 2 heteroatoms. The van der Waals surface area contributed by atoms with Crippen LogP contribution in [0.4, 0.5) is 0 Å². The molecule has 0 aliphatic carbocycles. The van der Waals surface area contributed by atoms with Crippen LogP contribution in [0.25, 0.3) is 0 Å². The number of rotatable bonds is 3. The van der Waals surface area contributed by atoms with Crippen LogP contribution in [0.2, 0.25) is 0 Å². The molecule has 0 fully saturated rings. The van der Waals surface area contributed by atoms with E-state index in [2.05, 4.69) is 11.9 Å². The van der Waals surface area contributed by atoms with E-state index in [1.165, 1.54) is 0 Å². The lowest BCUT2D eigenvalue weighted by Gasteiger charge is -1.81. The predicted molar refractivity (Wildman–Crippen MR) is 33.0 cm³/mol. The zero-order valence-electron chi connectivity index (χ0n) is 4.59. The van der Waals surface area contributed by atoms with E-state index in [0.717, 1.165) is 0 Å². The van der Waals surface area contributed by atoms with Crippen molar-refractivity contribution in [3.63, 3.8) is 0 Å². The van der Waals surface area contributed by atoms with Crippen LogP contribution in [0.15, 0.2) is 24.8 Å². The number of nitriles is 1. The van der Waals surface area contributed by atoms with Gasteiger partial charge in [-0.1, -0.05) is 24.8 Å². The Balaban J connectivity index is 3.06. The summed E-state index contributed by atoms with van der Waals surface area (Å²) in [5.41, 5.74) is 0. The molecule has 0 aromatic carbocycles. The number of hydrogen-bond acceptors (Lipinski definition) is 2. The molecule has 2 nitrogen and oxygen atoms in total. The smallest absolute Gasteiger partial charge is 0.176 e. The van der Waals surface area contributed by atoms with Gasteiger partial charge >= 0.3 is 0 Å². The highest BCUT2D eigenvalue weighted by molar-refractivity contribution is 4.98. The summed E-state index contributed by atoms with van der Waals surface area (Å²) in [5, 5.41) is 10.4. The normalized spacial score (nSPS) is 8.38. The van der Waals surface area contributed by atoms with Gasteiger partial charge in [-0.3, -0.25) is 0 Å². The first-order valence-corrected chi connectivity index (χ1v) is 2.31. The monoisotopic (exact) mass is 108 g/mol. The molecule has 0 aromatic heterocycles. The Kier molecular flexibility index (Phi) is 4.88. The quantitative estimate of drug-likeness (QED) is 0.251. The molecule has 0 spiro atoms. The van der Waals surface area contributed by atoms with Crippen LogP contribution in [0.5, 0.6) is 0 Å². The maximum atomic E-state index is 7.94. The van der Waals surface area contributed by atoms with Crippen molar-refractivity contribution in [3.8, 4) is 6.19 Å². The maximum Gasteiger partial charge on any atom is 0.176 e. The Morgan fingerprint density at radius 3 is 3.00 bits per heavy atom. The zero-order valence-corrected chi connectivity index (χ0v) is 4.59. The first-order chi connectivity index (χ1) is 3.91. The Labute approximate surface area is 49.1 Å². The fourth-order valence-corrected chi connectivity index (χ4v) is 0.269. The molecule has 0 radical (unpaired) electrons. The minimum atomic E-state index is 0.586. The summed E-state index contributed by atoms with van der Waals surface area (Å²) in [6, 6.07) is 0. The molecule has 0 heterocycles. The van der Waals surface area contributed by atoms with Gasteiger partial charge in [0.05, 0.1) is 0 Å². The fourth-order valence-electron chi connectivity index (χ4n) is 0.269. The number of hydrogen-bond donors (Lipinski definition) is 1. The molecule has 0 unspecified atom stereocenters. The number of nitrogens with zero attached hydrogens (tertiary/aromatic N) is 1. The van der Waals surface area contributed by atoms with Crippen molar-refractivity contribution >= 4 is 0 Å². The highest BCUT2D eigenvalue weighted by atomic mass is 14.8. The molecular weight excluding hydrogens is 100 g/mol. The van der Waals surface area contributed by atoms with Crippen molar-refractivity contribution in [3.05, 3.63) is 24.8 Å². The van der Waals surface area contributed by atoms with Crippen molar-refractivity contribution in [1.29, 1.82) is 5.26 Å². The third-order valence-corrected chi connectivity index (χ3v) is 0.571. The van der Waals surface area contributed by atoms with Crippen molar-refractivity contribution in [2.45, 2.75) is 0 Å². The van der Waals surface area contributed by atoms with Crippen LogP contribution in [0.1, 0.15) is 0 Å². The maximum absolute atomic E-state index is 7.94. The van der Waals surface area contributed by atoms with E-state index in [0.29, 0.717) is 6.54 Å². The molecule has 0 saturated heterocycles. The third-order valence-electron chi connectivity index (χ3n) is 0.571. The van der Waals surface area contributed by atoms with Crippen LogP contribution >= 0.6 is 0 Å². The summed E-state index contributed by atoms with van der Waals surface area (Å²) in [6.45, 7) is 4.05. The average molecular weight is 108 g/mol. The lowest BCUT2D eigenvalue weighted by molar-refractivity contribution is 1.00. The first-order valence-electron chi connectivity index (χ1n) is 2.31. The van der Waals surface area contributed by atoms with E-state index >= 15 is 0 Å². The lowest BCUT2D eigenvalue weighted by Crippen LogP contribution is -2.02. The molecule has 0 aromatic rings. The Hall–Kier alpha value is -1.23. The van der Waals surface area contributed by atoms with E-state index < -0.39 is 0 Å². The van der Waals surface area contributed by atoms with E-state index in [1.807, 2.05) is 6.08 Å². The highest BCUT2D eigenvalue weighted by Crippen LogP contribution is 1.68. The first kappa shape index (κ1) is 6.77. The second-order valence-corrected chi connectivity index (χ2v) is 1.16. The van der Waals surface area contributed by atoms with Gasteiger partial charge in [0.25, 0.3) is 0 Å². The highest BCUT2D eigenvalue weighted by Gasteiger charge is 1.67. The van der Waals surface area contributed by atoms with Crippen molar-refractivity contribution < 1.29 is 0 Å². The van der Waals surface area contributed by atoms with E-state index in [1.54, 1.807) is 18.3 Å². The van der Waals surface area contributed by atoms with E-state index in [-0.39, 0.29) is 0 Å². The standard InChI is InChI=1S/C6H8N2/c1-2-3-4-5-8-6-7/h2-4,8H,1,5H2/b4-3+. The summed E-state index contributed by atoms with van der Waals surface area (Å²) >= 11 is 0. The predicted octanol–water partition coefficient (Wildman–Crippen LogP) is 0.799. The lowest BCUT2D eigenvalue weighted by atomic mass is 10.5. The van der Waals surface area contributed by atoms with E-state index in [4.69, 9.17) is 5.26 Å². The molecule has 0 aliphatic rings. The van der Waals surface area contributed by atoms with Crippen LogP contribution in [-0.2, 0) is 0 Å². The van der Waals surface area contributed by atoms with E-state index in [9.17, 15) is 0 Å². The van der Waals surface area contributed by atoms with Gasteiger partial charge in [0.2, 0.25) is 0 Å². The molecule has 42 valence electrons. The molecule has 0 aliphatic heterocycles. The van der Waals surface area contributed by atoms with Gasteiger partial charge < -0.3 is 5.32 Å². The largest absolute Gasteiger partial charge is 0.320 e. The third kappa shape index (κ3) is 4.77. The molecule has 0 bridgehead atoms. The van der Waals surface area contributed by atoms with Gasteiger partial charge in [-0.15, -0.1) is 0 Å². The van der Waals surface area contributed by atoms with Gasteiger partial charge in [-0.25, -0.2) is 0 Å². The molecule has 8 heavy (non-hydrogen) atoms. The Bertz CT molecular complexity index is 119. The summed E-state index contributed by atoms with van der Waals surface area (Å²) in [5.74, 6) is 0. The topological polar surface area (TPSA) is 35.8 Å². The van der Waals surface area contributed by atoms with Crippen LogP contribution in [0, 0.1) is 11.5 Å². The molecule has 0 amide bonds. The summed E-state index contributed by atoms with van der Waals surface area (Å²) in [6.07, 6.45) is 7.05. The van der Waals surface area contributed by atoms with Crippen LogP contribution in [0.3, 0.4) is 0 Å². The average Bonchev–Trinajstić information content (AvgIpc) is 1.81. The summed E-state index contributed by atoms with van der Waals surface area (Å²) < 4.78 is 0. The zero-order chi connectivity index (χ0) is 6.24. The summed E-state index contributed by atoms with van der Waals surface area (Å²) in [4.78, 5) is 0. The van der Waals surface area contributed by atoms with Gasteiger partial charge in [0.15, 0.2) is 6.19 Å². The minimum Gasteiger partial charge on any atom is -0.320 e. The minimum absolute atomic E-state index is 0.586. The van der Waals surface area contributed by atoms with Crippen molar-refractivity contribution in [2.24, 2.45) is 0 Å². The second kappa shape index (κ2) is 5.77. The SMILES string of the molecule is C=C/C=C/CNC#N. The van der Waals surface area contributed by atoms with Crippen LogP contribution in [-0.4, -0.2) is 6.54 Å². The van der Waals surface area contributed by atoms with Crippen LogP contribution < -0.4 is 5.32 Å². The molecular formula is C6H8N2. The van der Waals surface area contributed by atoms with Gasteiger partial charge in [0, 0.05) is 6.54 Å². The van der Waals surface area contributed by atoms with Crippen molar-refractivity contribution in [2.75, 3.05) is 6.54 Å². The Morgan fingerprint density at radius 2 is 2.50 bits per heavy atom. The molecule has 1 N–H and O–H groups in total. The van der Waals surface area contributed by atoms with Gasteiger partial charge in [-0.2, -0.15) is 5.26 Å². The van der Waals surface area contributed by atoms with Gasteiger partial charge in [0.1, 0.15) is 0 Å². The number of nitrogens with one attached hydrogen (secondary N) is 1. The molecule has 0 atom stereocenters. The second-order valence-electron chi connectivity index (χ2n) is 1.16. The number of allylic oxidation sites excluding steroid dienone is 2. The van der Waals surface area contributed by atoms with Gasteiger partial charge in [-0.05, 0) is 0 Å². The molecule has 0 rings (SSSR count). The molecule has 0 saturated carbocycles.